The zero-order chi connectivity index (χ0) is 17.2. The average molecular weight is 329 g/mol. The van der Waals surface area contributed by atoms with Crippen LogP contribution in [0.15, 0.2) is 73.1 Å². The summed E-state index contributed by atoms with van der Waals surface area (Å²) in [6.07, 6.45) is 3.32. The van der Waals surface area contributed by atoms with E-state index < -0.39 is 5.97 Å². The number of nitrogens with zero attached hydrogens (tertiary/aromatic N) is 1. The fourth-order valence-electron chi connectivity index (χ4n) is 2.88. The molecule has 0 aliphatic heterocycles. The van der Waals surface area contributed by atoms with Crippen LogP contribution in [0.3, 0.4) is 0 Å². The van der Waals surface area contributed by atoms with Crippen LogP contribution in [0.5, 0.6) is 0 Å². The zero-order valence-corrected chi connectivity index (χ0v) is 13.2. The molecule has 2 aromatic carbocycles. The lowest BCUT2D eigenvalue weighted by molar-refractivity contribution is 0.0692. The first-order valence-corrected chi connectivity index (χ1v) is 7.84. The highest BCUT2D eigenvalue weighted by Gasteiger charge is 2.17. The molecule has 4 aromatic rings. The van der Waals surface area contributed by atoms with Crippen molar-refractivity contribution in [1.82, 2.24) is 9.97 Å². The average Bonchev–Trinajstić information content (AvgIpc) is 3.01. The highest BCUT2D eigenvalue weighted by molar-refractivity contribution is 6.07. The third kappa shape index (κ3) is 2.83. The Hall–Kier alpha value is -3.60. The van der Waals surface area contributed by atoms with Crippen LogP contribution >= 0.6 is 0 Å². The first kappa shape index (κ1) is 15.0. The molecule has 122 valence electrons. The molecule has 4 rings (SSSR count). The van der Waals surface area contributed by atoms with Crippen molar-refractivity contribution in [2.45, 2.75) is 0 Å². The number of fused-ring (bicyclic) bond motifs is 1. The number of carbonyl (C=O) groups is 1. The van der Waals surface area contributed by atoms with Crippen molar-refractivity contribution in [1.29, 1.82) is 0 Å². The number of hydrogen-bond donors (Lipinski definition) is 3. The summed E-state index contributed by atoms with van der Waals surface area (Å²) in [5.74, 6) is -1.01. The molecule has 0 amide bonds. The summed E-state index contributed by atoms with van der Waals surface area (Å²) in [6, 6.07) is 19.5. The van der Waals surface area contributed by atoms with E-state index in [9.17, 15) is 9.90 Å². The highest BCUT2D eigenvalue weighted by Crippen LogP contribution is 2.33. The molecule has 0 radical (unpaired) electrons. The van der Waals surface area contributed by atoms with Crippen molar-refractivity contribution in [3.63, 3.8) is 0 Å². The van der Waals surface area contributed by atoms with Crippen LogP contribution in [0.4, 0.5) is 11.4 Å². The van der Waals surface area contributed by atoms with Crippen molar-refractivity contribution in [2.24, 2.45) is 0 Å². The van der Waals surface area contributed by atoms with E-state index in [0.717, 1.165) is 27.7 Å². The monoisotopic (exact) mass is 329 g/mol. The lowest BCUT2D eigenvalue weighted by Gasteiger charge is -2.06. The Bertz CT molecular complexity index is 1040. The minimum absolute atomic E-state index is 0.136. The van der Waals surface area contributed by atoms with Crippen LogP contribution in [0, 0.1) is 0 Å². The van der Waals surface area contributed by atoms with Gasteiger partial charge in [0.25, 0.3) is 0 Å². The summed E-state index contributed by atoms with van der Waals surface area (Å²) in [5.41, 5.74) is 4.35. The van der Waals surface area contributed by atoms with Gasteiger partial charge in [0.1, 0.15) is 5.69 Å². The van der Waals surface area contributed by atoms with E-state index in [4.69, 9.17) is 0 Å². The van der Waals surface area contributed by atoms with Crippen LogP contribution in [0.25, 0.3) is 22.0 Å². The molecule has 0 aliphatic carbocycles. The molecule has 5 nitrogen and oxygen atoms in total. The van der Waals surface area contributed by atoms with Gasteiger partial charge in [0.15, 0.2) is 0 Å². The minimum Gasteiger partial charge on any atom is -0.477 e. The Morgan fingerprint density at radius 1 is 0.960 bits per heavy atom. The molecular weight excluding hydrogens is 314 g/mol. The molecule has 5 heteroatoms. The van der Waals surface area contributed by atoms with Crippen LogP contribution < -0.4 is 5.32 Å². The smallest absolute Gasteiger partial charge is 0.354 e. The largest absolute Gasteiger partial charge is 0.477 e. The van der Waals surface area contributed by atoms with Crippen LogP contribution in [-0.4, -0.2) is 21.0 Å². The van der Waals surface area contributed by atoms with Gasteiger partial charge in [0.05, 0.1) is 5.69 Å². The topological polar surface area (TPSA) is 78.0 Å². The molecular formula is C20H15N3O2. The van der Waals surface area contributed by atoms with Gasteiger partial charge in [-0.2, -0.15) is 0 Å². The number of benzene rings is 2. The standard InChI is InChI=1S/C20H15N3O2/c24-20(25)19-18(22-15-8-10-21-11-9-15)16-7-6-14(12-17(16)23-19)13-4-2-1-3-5-13/h1-12,23H,(H,21,22)(H,24,25). The first-order chi connectivity index (χ1) is 12.2. The van der Waals surface area contributed by atoms with Crippen LogP contribution in [-0.2, 0) is 0 Å². The summed E-state index contributed by atoms with van der Waals surface area (Å²) in [6.45, 7) is 0. The van der Waals surface area contributed by atoms with Gasteiger partial charge in [0.2, 0.25) is 0 Å². The van der Waals surface area contributed by atoms with Gasteiger partial charge in [-0.05, 0) is 29.3 Å². The summed E-state index contributed by atoms with van der Waals surface area (Å²) >= 11 is 0. The summed E-state index contributed by atoms with van der Waals surface area (Å²) in [7, 11) is 0. The Balaban J connectivity index is 1.84. The second kappa shape index (κ2) is 6.13. The van der Waals surface area contributed by atoms with E-state index in [-0.39, 0.29) is 5.69 Å². The summed E-state index contributed by atoms with van der Waals surface area (Å²) in [4.78, 5) is 18.6. The third-order valence-electron chi connectivity index (χ3n) is 4.07. The second-order valence-corrected chi connectivity index (χ2v) is 5.67. The maximum Gasteiger partial charge on any atom is 0.354 e. The van der Waals surface area contributed by atoms with Crippen molar-refractivity contribution >= 4 is 28.2 Å². The molecule has 0 saturated carbocycles. The molecule has 0 unspecified atom stereocenters. The molecule has 0 atom stereocenters. The number of carboxylic acid groups (broad SMARTS) is 1. The van der Waals surface area contributed by atoms with Gasteiger partial charge in [-0.1, -0.05) is 42.5 Å². The fourth-order valence-corrected chi connectivity index (χ4v) is 2.88. The van der Waals surface area contributed by atoms with E-state index in [2.05, 4.69) is 15.3 Å². The van der Waals surface area contributed by atoms with E-state index >= 15 is 0 Å². The van der Waals surface area contributed by atoms with Gasteiger partial charge in [0, 0.05) is 29.0 Å². The van der Waals surface area contributed by atoms with E-state index in [1.54, 1.807) is 24.5 Å². The zero-order valence-electron chi connectivity index (χ0n) is 13.2. The number of nitrogens with one attached hydrogen (secondary N) is 2. The van der Waals surface area contributed by atoms with E-state index in [0.29, 0.717) is 5.69 Å². The second-order valence-electron chi connectivity index (χ2n) is 5.67. The Morgan fingerprint density at radius 3 is 2.44 bits per heavy atom. The SMILES string of the molecule is O=C(O)c1[nH]c2cc(-c3ccccc3)ccc2c1Nc1ccncc1. The summed E-state index contributed by atoms with van der Waals surface area (Å²) < 4.78 is 0. The molecule has 0 spiro atoms. The van der Waals surface area contributed by atoms with E-state index in [1.165, 1.54) is 0 Å². The highest BCUT2D eigenvalue weighted by atomic mass is 16.4. The Morgan fingerprint density at radius 2 is 1.72 bits per heavy atom. The number of aromatic amines is 1. The van der Waals surface area contributed by atoms with Crippen molar-refractivity contribution < 1.29 is 9.90 Å². The predicted octanol–water partition coefficient (Wildman–Crippen LogP) is 4.67. The molecule has 3 N–H and O–H groups in total. The lowest BCUT2D eigenvalue weighted by Crippen LogP contribution is -2.01. The molecule has 2 aromatic heterocycles. The number of aromatic nitrogens is 2. The van der Waals surface area contributed by atoms with Gasteiger partial charge >= 0.3 is 5.97 Å². The lowest BCUT2D eigenvalue weighted by atomic mass is 10.0. The van der Waals surface area contributed by atoms with E-state index in [1.807, 2.05) is 48.5 Å². The quantitative estimate of drug-likeness (QED) is 0.508. The Kier molecular flexibility index (Phi) is 3.67. The normalized spacial score (nSPS) is 10.7. The number of aromatic carboxylic acids is 1. The fraction of sp³-hybridized carbons (Fsp3) is 0. The predicted molar refractivity (Wildman–Crippen MR) is 98.2 cm³/mol. The number of carboxylic acids is 1. The molecule has 25 heavy (non-hydrogen) atoms. The number of pyridine rings is 1. The maximum atomic E-state index is 11.7. The van der Waals surface area contributed by atoms with Gasteiger partial charge in [-0.25, -0.2) is 4.79 Å². The summed E-state index contributed by atoms with van der Waals surface area (Å²) in [5, 5.41) is 13.6. The molecule has 2 heterocycles. The van der Waals surface area contributed by atoms with Gasteiger partial charge in [-0.15, -0.1) is 0 Å². The van der Waals surface area contributed by atoms with Crippen molar-refractivity contribution in [3.8, 4) is 11.1 Å². The third-order valence-corrected chi connectivity index (χ3v) is 4.07. The maximum absolute atomic E-state index is 11.7. The number of hydrogen-bond acceptors (Lipinski definition) is 3. The Labute approximate surface area is 144 Å². The molecule has 0 fully saturated rings. The molecule has 0 bridgehead atoms. The number of anilines is 2. The minimum atomic E-state index is -1.01. The van der Waals surface area contributed by atoms with Crippen LogP contribution in [0.2, 0.25) is 0 Å². The number of rotatable bonds is 4. The van der Waals surface area contributed by atoms with Crippen molar-refractivity contribution in [2.75, 3.05) is 5.32 Å². The first-order valence-electron chi connectivity index (χ1n) is 7.84. The van der Waals surface area contributed by atoms with Crippen molar-refractivity contribution in [3.05, 3.63) is 78.8 Å². The molecule has 0 aliphatic rings. The van der Waals surface area contributed by atoms with Gasteiger partial charge < -0.3 is 15.4 Å². The molecule has 0 saturated heterocycles. The van der Waals surface area contributed by atoms with Crippen LogP contribution in [0.1, 0.15) is 10.5 Å². The van der Waals surface area contributed by atoms with Gasteiger partial charge in [-0.3, -0.25) is 4.98 Å². The number of H-pyrrole nitrogens is 1.